The van der Waals surface area contributed by atoms with E-state index in [2.05, 4.69) is 37.8 Å². The van der Waals surface area contributed by atoms with Crippen LogP contribution in [0.4, 0.5) is 0 Å². The van der Waals surface area contributed by atoms with Gasteiger partial charge in [-0.2, -0.15) is 0 Å². The van der Waals surface area contributed by atoms with E-state index < -0.39 is 0 Å². The summed E-state index contributed by atoms with van der Waals surface area (Å²) in [4.78, 5) is 2.57. The van der Waals surface area contributed by atoms with Crippen LogP contribution in [0.25, 0.3) is 0 Å². The lowest BCUT2D eigenvalue weighted by Crippen LogP contribution is -2.56. The van der Waals surface area contributed by atoms with Crippen molar-refractivity contribution in [1.29, 1.82) is 0 Å². The highest BCUT2D eigenvalue weighted by Crippen LogP contribution is 2.41. The summed E-state index contributed by atoms with van der Waals surface area (Å²) < 4.78 is 0. The quantitative estimate of drug-likeness (QED) is 0.760. The number of hydrogen-bond acceptors (Lipinski definition) is 1. The van der Waals surface area contributed by atoms with Gasteiger partial charge in [0.05, 0.1) is 0 Å². The van der Waals surface area contributed by atoms with Gasteiger partial charge in [0.25, 0.3) is 0 Å². The van der Waals surface area contributed by atoms with Crippen molar-refractivity contribution in [2.75, 3.05) is 13.1 Å². The lowest BCUT2D eigenvalue weighted by molar-refractivity contribution is -0.0330. The van der Waals surface area contributed by atoms with Crippen molar-refractivity contribution in [3.8, 4) is 0 Å². The highest BCUT2D eigenvalue weighted by atomic mass is 35.5. The van der Waals surface area contributed by atoms with Gasteiger partial charge >= 0.3 is 0 Å². The molecular formula is C15H22ClN. The SMILES string of the molecule is CCC1(CC)CN(C(C)c2ccc(Cl)cc2)C1. The van der Waals surface area contributed by atoms with Crippen LogP contribution in [-0.4, -0.2) is 18.0 Å². The Bertz CT molecular complexity index is 359. The molecule has 1 unspecified atom stereocenters. The third-order valence-corrected chi connectivity index (χ3v) is 4.73. The van der Waals surface area contributed by atoms with E-state index in [4.69, 9.17) is 11.6 Å². The van der Waals surface area contributed by atoms with Gasteiger partial charge in [-0.25, -0.2) is 0 Å². The predicted octanol–water partition coefficient (Wildman–Crippen LogP) is 4.52. The number of nitrogens with zero attached hydrogens (tertiary/aromatic N) is 1. The summed E-state index contributed by atoms with van der Waals surface area (Å²) in [6.45, 7) is 9.40. The van der Waals surface area contributed by atoms with E-state index in [1.807, 2.05) is 12.1 Å². The molecule has 0 saturated carbocycles. The zero-order valence-electron chi connectivity index (χ0n) is 11.0. The smallest absolute Gasteiger partial charge is 0.0406 e. The van der Waals surface area contributed by atoms with Crippen molar-refractivity contribution in [1.82, 2.24) is 4.90 Å². The summed E-state index contributed by atoms with van der Waals surface area (Å²) in [5, 5.41) is 0.820. The van der Waals surface area contributed by atoms with Crippen molar-refractivity contribution in [2.45, 2.75) is 39.7 Å². The molecule has 1 atom stereocenters. The van der Waals surface area contributed by atoms with E-state index in [1.54, 1.807) is 0 Å². The molecule has 0 bridgehead atoms. The molecule has 0 spiro atoms. The summed E-state index contributed by atoms with van der Waals surface area (Å²) in [5.41, 5.74) is 1.95. The average molecular weight is 252 g/mol. The molecular weight excluding hydrogens is 230 g/mol. The largest absolute Gasteiger partial charge is 0.295 e. The van der Waals surface area contributed by atoms with Crippen molar-refractivity contribution < 1.29 is 0 Å². The van der Waals surface area contributed by atoms with Gasteiger partial charge in [-0.3, -0.25) is 4.90 Å². The Kier molecular flexibility index (Phi) is 3.79. The fraction of sp³-hybridized carbons (Fsp3) is 0.600. The second-order valence-electron chi connectivity index (χ2n) is 5.34. The Morgan fingerprint density at radius 3 is 2.18 bits per heavy atom. The lowest BCUT2D eigenvalue weighted by Gasteiger charge is -2.52. The van der Waals surface area contributed by atoms with E-state index in [-0.39, 0.29) is 0 Å². The first-order valence-corrected chi connectivity index (χ1v) is 6.97. The molecule has 0 N–H and O–H groups in total. The summed E-state index contributed by atoms with van der Waals surface area (Å²) >= 11 is 5.92. The van der Waals surface area contributed by atoms with Gasteiger partial charge in [0, 0.05) is 24.2 Å². The summed E-state index contributed by atoms with van der Waals surface area (Å²) in [6.07, 6.45) is 2.60. The van der Waals surface area contributed by atoms with Crippen LogP contribution in [0.15, 0.2) is 24.3 Å². The number of hydrogen-bond donors (Lipinski definition) is 0. The molecule has 1 heterocycles. The van der Waals surface area contributed by atoms with E-state index in [9.17, 15) is 0 Å². The van der Waals surface area contributed by atoms with E-state index in [0.29, 0.717) is 11.5 Å². The molecule has 2 heteroatoms. The van der Waals surface area contributed by atoms with Gasteiger partial charge in [0.2, 0.25) is 0 Å². The molecule has 0 amide bonds. The zero-order valence-corrected chi connectivity index (χ0v) is 11.8. The molecule has 1 nitrogen and oxygen atoms in total. The van der Waals surface area contributed by atoms with Gasteiger partial charge in [-0.05, 0) is 42.9 Å². The normalized spacial score (nSPS) is 20.9. The molecule has 0 radical (unpaired) electrons. The topological polar surface area (TPSA) is 3.24 Å². The molecule has 1 fully saturated rings. The lowest BCUT2D eigenvalue weighted by atomic mass is 9.74. The molecule has 94 valence electrons. The molecule has 1 aromatic rings. The van der Waals surface area contributed by atoms with Crippen LogP contribution in [0, 0.1) is 5.41 Å². The Labute approximate surface area is 110 Å². The van der Waals surface area contributed by atoms with Crippen molar-refractivity contribution in [2.24, 2.45) is 5.41 Å². The van der Waals surface area contributed by atoms with Crippen LogP contribution >= 0.6 is 11.6 Å². The van der Waals surface area contributed by atoms with Crippen molar-refractivity contribution in [3.05, 3.63) is 34.9 Å². The van der Waals surface area contributed by atoms with Crippen LogP contribution < -0.4 is 0 Å². The van der Waals surface area contributed by atoms with Gasteiger partial charge in [0.15, 0.2) is 0 Å². The van der Waals surface area contributed by atoms with Crippen LogP contribution in [-0.2, 0) is 0 Å². The molecule has 1 aliphatic rings. The minimum atomic E-state index is 0.512. The second-order valence-corrected chi connectivity index (χ2v) is 5.78. The van der Waals surface area contributed by atoms with Gasteiger partial charge in [0.1, 0.15) is 0 Å². The first kappa shape index (κ1) is 12.9. The third kappa shape index (κ3) is 2.51. The Morgan fingerprint density at radius 1 is 1.18 bits per heavy atom. The van der Waals surface area contributed by atoms with Gasteiger partial charge in [-0.15, -0.1) is 0 Å². The maximum absolute atomic E-state index is 5.92. The first-order valence-electron chi connectivity index (χ1n) is 6.60. The molecule has 17 heavy (non-hydrogen) atoms. The molecule has 1 saturated heterocycles. The molecule has 0 aliphatic carbocycles. The van der Waals surface area contributed by atoms with Crippen LogP contribution in [0.2, 0.25) is 5.02 Å². The minimum absolute atomic E-state index is 0.512. The predicted molar refractivity (Wildman–Crippen MR) is 74.5 cm³/mol. The fourth-order valence-corrected chi connectivity index (χ4v) is 2.86. The highest BCUT2D eigenvalue weighted by molar-refractivity contribution is 6.30. The average Bonchev–Trinajstić information content (AvgIpc) is 2.29. The van der Waals surface area contributed by atoms with Crippen LogP contribution in [0.1, 0.15) is 45.2 Å². The van der Waals surface area contributed by atoms with Gasteiger partial charge < -0.3 is 0 Å². The summed E-state index contributed by atoms with van der Waals surface area (Å²) in [6, 6.07) is 8.77. The van der Waals surface area contributed by atoms with Crippen LogP contribution in [0.3, 0.4) is 0 Å². The first-order chi connectivity index (χ1) is 8.10. The minimum Gasteiger partial charge on any atom is -0.295 e. The maximum atomic E-state index is 5.92. The Morgan fingerprint density at radius 2 is 1.71 bits per heavy atom. The monoisotopic (exact) mass is 251 g/mol. The number of halogens is 1. The molecule has 2 rings (SSSR count). The Hall–Kier alpha value is -0.530. The van der Waals surface area contributed by atoms with Crippen LogP contribution in [0.5, 0.6) is 0 Å². The fourth-order valence-electron chi connectivity index (χ4n) is 2.74. The second kappa shape index (κ2) is 4.99. The van der Waals surface area contributed by atoms with Crippen molar-refractivity contribution >= 4 is 11.6 Å². The van der Waals surface area contributed by atoms with E-state index in [1.165, 1.54) is 31.5 Å². The number of benzene rings is 1. The Balaban J connectivity index is 1.99. The van der Waals surface area contributed by atoms with E-state index >= 15 is 0 Å². The molecule has 0 aromatic heterocycles. The van der Waals surface area contributed by atoms with Crippen molar-refractivity contribution in [3.63, 3.8) is 0 Å². The molecule has 1 aromatic carbocycles. The molecule has 1 aliphatic heterocycles. The number of likely N-dealkylation sites (tertiary alicyclic amines) is 1. The summed E-state index contributed by atoms with van der Waals surface area (Å²) in [5.74, 6) is 0. The zero-order chi connectivity index (χ0) is 12.5. The summed E-state index contributed by atoms with van der Waals surface area (Å²) in [7, 11) is 0. The van der Waals surface area contributed by atoms with E-state index in [0.717, 1.165) is 5.02 Å². The maximum Gasteiger partial charge on any atom is 0.0406 e. The third-order valence-electron chi connectivity index (χ3n) is 4.48. The highest BCUT2D eigenvalue weighted by Gasteiger charge is 2.41. The standard InChI is InChI=1S/C15H22ClN/c1-4-15(5-2)10-17(11-15)12(3)13-6-8-14(16)9-7-13/h6-9,12H,4-5,10-11H2,1-3H3. The van der Waals surface area contributed by atoms with Gasteiger partial charge in [-0.1, -0.05) is 37.6 Å². The number of rotatable bonds is 4.